The molecule has 0 spiro atoms. The first-order chi connectivity index (χ1) is 10.2. The van der Waals surface area contributed by atoms with E-state index in [0.29, 0.717) is 17.0 Å². The normalized spacial score (nSPS) is 14.8. The predicted octanol–water partition coefficient (Wildman–Crippen LogP) is 0.348. The lowest BCUT2D eigenvalue weighted by Gasteiger charge is -2.21. The number of hydrogen-bond acceptors (Lipinski definition) is 8. The fourth-order valence-corrected chi connectivity index (χ4v) is 2.42. The fraction of sp³-hybridized carbons (Fsp3) is 0.500. The Kier molecular flexibility index (Phi) is 5.48. The van der Waals surface area contributed by atoms with E-state index in [-0.39, 0.29) is 12.7 Å². The molecule has 114 valence electrons. The molecule has 0 amide bonds. The third-order valence-electron chi connectivity index (χ3n) is 2.83. The first kappa shape index (κ1) is 15.7. The molecule has 0 radical (unpaired) electrons. The van der Waals surface area contributed by atoms with Gasteiger partial charge in [-0.3, -0.25) is 9.56 Å². The van der Waals surface area contributed by atoms with Gasteiger partial charge < -0.3 is 15.6 Å². The second-order valence-electron chi connectivity index (χ2n) is 4.26. The van der Waals surface area contributed by atoms with Crippen molar-refractivity contribution < 1.29 is 9.84 Å². The minimum absolute atomic E-state index is 0.209. The molecule has 0 aliphatic rings. The molecule has 0 aromatic carbocycles. The monoisotopic (exact) mass is 310 g/mol. The summed E-state index contributed by atoms with van der Waals surface area (Å²) in [5, 5.41) is 9.61. The number of ether oxygens (including phenoxy) is 1. The van der Waals surface area contributed by atoms with Gasteiger partial charge in [0.1, 0.15) is 17.9 Å². The number of nitrogen functional groups attached to an aromatic ring is 1. The van der Waals surface area contributed by atoms with Gasteiger partial charge in [0.25, 0.3) is 0 Å². The highest BCUT2D eigenvalue weighted by molar-refractivity contribution is 7.98. The van der Waals surface area contributed by atoms with Crippen LogP contribution in [0.1, 0.15) is 6.23 Å². The summed E-state index contributed by atoms with van der Waals surface area (Å²) in [7, 11) is 1.69. The van der Waals surface area contributed by atoms with Crippen LogP contribution in [-0.2, 0) is 4.74 Å². The minimum Gasteiger partial charge on any atom is -0.392 e. The summed E-state index contributed by atoms with van der Waals surface area (Å²) in [5.74, 6) is 1.03. The first-order valence-electron chi connectivity index (χ1n) is 6.31. The lowest BCUT2D eigenvalue weighted by molar-refractivity contribution is -0.0442. The number of aliphatic hydroxyl groups is 1. The second kappa shape index (κ2) is 7.34. The SMILES string of the molecule is C/N=C\C(CSC)OC(CO)n1cnc2c(N)ncnc21. The number of aliphatic imine (C=N–C) groups is 1. The summed E-state index contributed by atoms with van der Waals surface area (Å²) < 4.78 is 7.52. The highest BCUT2D eigenvalue weighted by Crippen LogP contribution is 2.20. The molecule has 0 fully saturated rings. The standard InChI is InChI=1S/C12H18N6O2S/c1-14-3-8(5-21-2)20-9(4-19)18-7-17-10-11(13)15-6-16-12(10)18/h3,6-9,19H,4-5H2,1-2H3,(H2,13,15,16)/b14-3-. The van der Waals surface area contributed by atoms with Crippen LogP contribution in [0.5, 0.6) is 0 Å². The Morgan fingerprint density at radius 2 is 2.33 bits per heavy atom. The van der Waals surface area contributed by atoms with Crippen LogP contribution in [0.2, 0.25) is 0 Å². The molecule has 0 saturated heterocycles. The van der Waals surface area contributed by atoms with E-state index in [1.807, 2.05) is 6.26 Å². The number of thioether (sulfide) groups is 1. The summed E-state index contributed by atoms with van der Waals surface area (Å²) >= 11 is 1.64. The molecule has 0 saturated carbocycles. The van der Waals surface area contributed by atoms with Crippen molar-refractivity contribution in [3.05, 3.63) is 12.7 Å². The Morgan fingerprint density at radius 1 is 1.52 bits per heavy atom. The molecular formula is C12H18N6O2S. The molecule has 21 heavy (non-hydrogen) atoms. The van der Waals surface area contributed by atoms with E-state index in [9.17, 15) is 5.11 Å². The van der Waals surface area contributed by atoms with Crippen molar-refractivity contribution in [2.45, 2.75) is 12.3 Å². The van der Waals surface area contributed by atoms with Gasteiger partial charge in [-0.2, -0.15) is 11.8 Å². The number of aliphatic hydroxyl groups excluding tert-OH is 1. The van der Waals surface area contributed by atoms with Crippen molar-refractivity contribution in [2.75, 3.05) is 31.4 Å². The van der Waals surface area contributed by atoms with E-state index < -0.39 is 6.23 Å². The molecule has 2 aromatic heterocycles. The van der Waals surface area contributed by atoms with Gasteiger partial charge in [0.2, 0.25) is 0 Å². The van der Waals surface area contributed by atoms with Gasteiger partial charge in [-0.05, 0) is 6.26 Å². The quantitative estimate of drug-likeness (QED) is 0.710. The summed E-state index contributed by atoms with van der Waals surface area (Å²) in [6.45, 7) is -0.211. The Labute approximate surface area is 126 Å². The molecule has 2 unspecified atom stereocenters. The van der Waals surface area contributed by atoms with Crippen LogP contribution < -0.4 is 5.73 Å². The van der Waals surface area contributed by atoms with Gasteiger partial charge in [0.05, 0.1) is 12.9 Å². The molecule has 9 heteroatoms. The Bertz CT molecular complexity index is 617. The van der Waals surface area contributed by atoms with Gasteiger partial charge in [-0.1, -0.05) is 0 Å². The van der Waals surface area contributed by atoms with Gasteiger partial charge in [-0.15, -0.1) is 0 Å². The summed E-state index contributed by atoms with van der Waals surface area (Å²) in [6.07, 6.45) is 5.77. The predicted molar refractivity (Wildman–Crippen MR) is 83.5 cm³/mol. The zero-order valence-electron chi connectivity index (χ0n) is 11.9. The topological polar surface area (TPSA) is 111 Å². The third-order valence-corrected chi connectivity index (χ3v) is 3.49. The van der Waals surface area contributed by atoms with Crippen molar-refractivity contribution in [1.82, 2.24) is 19.5 Å². The van der Waals surface area contributed by atoms with Crippen molar-refractivity contribution >= 4 is 35.0 Å². The average Bonchev–Trinajstić information content (AvgIpc) is 2.90. The fourth-order valence-electron chi connectivity index (χ4n) is 1.93. The molecule has 0 bridgehead atoms. The number of imidazole rings is 1. The van der Waals surface area contributed by atoms with Crippen LogP contribution in [0, 0.1) is 0 Å². The largest absolute Gasteiger partial charge is 0.392 e. The molecular weight excluding hydrogens is 292 g/mol. The number of fused-ring (bicyclic) bond motifs is 1. The highest BCUT2D eigenvalue weighted by atomic mass is 32.2. The van der Waals surface area contributed by atoms with Gasteiger partial charge in [-0.25, -0.2) is 15.0 Å². The van der Waals surface area contributed by atoms with E-state index in [1.54, 1.807) is 29.6 Å². The average molecular weight is 310 g/mol. The van der Waals surface area contributed by atoms with Gasteiger partial charge >= 0.3 is 0 Å². The summed E-state index contributed by atoms with van der Waals surface area (Å²) in [4.78, 5) is 16.2. The van der Waals surface area contributed by atoms with Crippen LogP contribution >= 0.6 is 11.8 Å². The van der Waals surface area contributed by atoms with Crippen LogP contribution in [0.4, 0.5) is 5.82 Å². The maximum absolute atomic E-state index is 9.61. The van der Waals surface area contributed by atoms with E-state index in [2.05, 4.69) is 19.9 Å². The number of nitrogens with zero attached hydrogens (tertiary/aromatic N) is 5. The van der Waals surface area contributed by atoms with E-state index in [1.165, 1.54) is 12.7 Å². The van der Waals surface area contributed by atoms with Gasteiger partial charge in [0, 0.05) is 19.0 Å². The Hall–Kier alpha value is -1.71. The van der Waals surface area contributed by atoms with E-state index in [4.69, 9.17) is 10.5 Å². The number of aromatic nitrogens is 4. The first-order valence-corrected chi connectivity index (χ1v) is 7.71. The van der Waals surface area contributed by atoms with Crippen LogP contribution in [0.25, 0.3) is 11.2 Å². The Balaban J connectivity index is 2.29. The number of nitrogens with two attached hydrogens (primary N) is 1. The smallest absolute Gasteiger partial charge is 0.167 e. The maximum Gasteiger partial charge on any atom is 0.167 e. The van der Waals surface area contributed by atoms with Crippen molar-refractivity contribution in [1.29, 1.82) is 0 Å². The second-order valence-corrected chi connectivity index (χ2v) is 5.17. The number of hydrogen-bond donors (Lipinski definition) is 2. The zero-order chi connectivity index (χ0) is 15.2. The van der Waals surface area contributed by atoms with Crippen molar-refractivity contribution in [2.24, 2.45) is 4.99 Å². The van der Waals surface area contributed by atoms with E-state index >= 15 is 0 Å². The number of rotatable bonds is 7. The molecule has 8 nitrogen and oxygen atoms in total. The molecule has 0 aliphatic carbocycles. The maximum atomic E-state index is 9.61. The van der Waals surface area contributed by atoms with Crippen molar-refractivity contribution in [3.8, 4) is 0 Å². The molecule has 2 aromatic rings. The molecule has 3 N–H and O–H groups in total. The molecule has 2 heterocycles. The van der Waals surface area contributed by atoms with Crippen molar-refractivity contribution in [3.63, 3.8) is 0 Å². The summed E-state index contributed by atoms with van der Waals surface area (Å²) in [6, 6.07) is 0. The molecule has 2 rings (SSSR count). The van der Waals surface area contributed by atoms with Crippen LogP contribution in [0.3, 0.4) is 0 Å². The van der Waals surface area contributed by atoms with Gasteiger partial charge in [0.15, 0.2) is 17.7 Å². The van der Waals surface area contributed by atoms with E-state index in [0.717, 1.165) is 5.75 Å². The molecule has 0 aliphatic heterocycles. The lowest BCUT2D eigenvalue weighted by Crippen LogP contribution is -2.26. The zero-order valence-corrected chi connectivity index (χ0v) is 12.7. The Morgan fingerprint density at radius 3 is 3.00 bits per heavy atom. The third kappa shape index (κ3) is 3.49. The molecule has 2 atom stereocenters. The number of anilines is 1. The minimum atomic E-state index is -0.612. The summed E-state index contributed by atoms with van der Waals surface area (Å²) in [5.41, 5.74) is 6.77. The highest BCUT2D eigenvalue weighted by Gasteiger charge is 2.19. The van der Waals surface area contributed by atoms with Crippen LogP contribution in [0.15, 0.2) is 17.6 Å². The van der Waals surface area contributed by atoms with Crippen LogP contribution in [-0.4, -0.2) is 62.6 Å². The lowest BCUT2D eigenvalue weighted by atomic mass is 10.4.